The van der Waals surface area contributed by atoms with Crippen molar-refractivity contribution in [3.63, 3.8) is 0 Å². The van der Waals surface area contributed by atoms with Gasteiger partial charge in [0.05, 0.1) is 11.1 Å². The minimum atomic E-state index is -0.998. The highest BCUT2D eigenvalue weighted by Crippen LogP contribution is 2.50. The molecule has 2 aliphatic carbocycles. The molecule has 11 nitrogen and oxygen atoms in total. The van der Waals surface area contributed by atoms with Crippen LogP contribution in [0.4, 0.5) is 5.69 Å². The number of benzene rings is 1. The van der Waals surface area contributed by atoms with Gasteiger partial charge in [-0.1, -0.05) is 25.0 Å². The van der Waals surface area contributed by atoms with E-state index in [4.69, 9.17) is 23.7 Å². The van der Waals surface area contributed by atoms with Gasteiger partial charge < -0.3 is 23.7 Å². The number of hydrogen-bond donors (Lipinski definition) is 1. The molecule has 194 valence electrons. The average molecular weight is 502 g/mol. The van der Waals surface area contributed by atoms with Gasteiger partial charge in [0.25, 0.3) is 11.6 Å². The lowest BCUT2D eigenvalue weighted by atomic mass is 9.94. The van der Waals surface area contributed by atoms with E-state index < -0.39 is 53.1 Å². The fourth-order valence-electron chi connectivity index (χ4n) is 6.12. The minimum absolute atomic E-state index is 0.0564. The molecule has 5 aliphatic rings. The topological polar surface area (TPSA) is 131 Å². The number of nitrogens with zero attached hydrogens (tertiary/aromatic N) is 2. The Morgan fingerprint density at radius 1 is 0.944 bits per heavy atom. The maximum Gasteiger partial charge on any atom is 0.272 e. The van der Waals surface area contributed by atoms with Crippen LogP contribution in [0.15, 0.2) is 29.4 Å². The summed E-state index contributed by atoms with van der Waals surface area (Å²) in [5.74, 6) is -1.92. The summed E-state index contributed by atoms with van der Waals surface area (Å²) in [7, 11) is 0. The molecule has 1 aromatic rings. The summed E-state index contributed by atoms with van der Waals surface area (Å²) in [6, 6.07) is 5.99. The maximum absolute atomic E-state index is 13.2. The zero-order valence-corrected chi connectivity index (χ0v) is 20.0. The molecule has 1 N–H and O–H groups in total. The van der Waals surface area contributed by atoms with E-state index in [1.54, 1.807) is 12.1 Å². The van der Waals surface area contributed by atoms with Crippen LogP contribution in [-0.2, 0) is 28.5 Å². The number of nitro benzene ring substituents is 1. The van der Waals surface area contributed by atoms with Gasteiger partial charge in [0.1, 0.15) is 18.3 Å². The number of hydrazone groups is 1. The summed E-state index contributed by atoms with van der Waals surface area (Å²) in [4.78, 5) is 23.8. The molecule has 3 aliphatic heterocycles. The molecule has 1 aromatic carbocycles. The van der Waals surface area contributed by atoms with E-state index in [9.17, 15) is 14.9 Å². The number of ether oxygens (including phenoxy) is 5. The van der Waals surface area contributed by atoms with Crippen molar-refractivity contribution >= 4 is 17.8 Å². The number of carbonyl (C=O) groups is 1. The summed E-state index contributed by atoms with van der Waals surface area (Å²) >= 11 is 0. The fourth-order valence-corrected chi connectivity index (χ4v) is 6.12. The van der Waals surface area contributed by atoms with Gasteiger partial charge in [0.2, 0.25) is 0 Å². The smallest absolute Gasteiger partial charge is 0.272 e. The van der Waals surface area contributed by atoms with Gasteiger partial charge in [-0.3, -0.25) is 14.9 Å². The standard InChI is InChI=1S/C25H31N3O8/c29-22(27-26-15-16-8-7-9-17(14-16)28(30)31)20-18-19(34-24(33-18)10-3-1-4-11-24)21-23(32-20)36-25(35-21)12-5-2-6-13-25/h7-9,14-15,18-21,23H,1-6,10-13H2,(H,27,29)/b26-15-/t18-,19-,20+,21+,23-/m0/s1. The van der Waals surface area contributed by atoms with Crippen molar-refractivity contribution in [2.24, 2.45) is 5.10 Å². The zero-order valence-electron chi connectivity index (χ0n) is 20.0. The number of fused-ring (bicyclic) bond motifs is 3. The van der Waals surface area contributed by atoms with Crippen molar-refractivity contribution in [3.8, 4) is 0 Å². The third kappa shape index (κ3) is 4.43. The van der Waals surface area contributed by atoms with Crippen LogP contribution in [0.25, 0.3) is 0 Å². The summed E-state index contributed by atoms with van der Waals surface area (Å²) in [5.41, 5.74) is 2.94. The van der Waals surface area contributed by atoms with Crippen LogP contribution in [0, 0.1) is 10.1 Å². The van der Waals surface area contributed by atoms with Crippen LogP contribution in [0.1, 0.15) is 69.8 Å². The molecule has 5 atom stereocenters. The highest BCUT2D eigenvalue weighted by atomic mass is 16.9. The van der Waals surface area contributed by atoms with Gasteiger partial charge in [-0.05, 0) is 25.7 Å². The Bertz CT molecular complexity index is 1040. The monoisotopic (exact) mass is 501 g/mol. The van der Waals surface area contributed by atoms with Crippen molar-refractivity contribution in [1.29, 1.82) is 0 Å². The second-order valence-electron chi connectivity index (χ2n) is 10.3. The SMILES string of the molecule is O=C(N/N=C\c1cccc([N+](=O)[O-])c1)[C@@H]1O[C@H]2OC3(CCCCC3)O[C@@H]2[C@H]2OC3(CCCCC3)O[C@@H]21. The number of hydrogen-bond acceptors (Lipinski definition) is 9. The minimum Gasteiger partial charge on any atom is -0.341 e. The molecule has 0 bridgehead atoms. The lowest BCUT2D eigenvalue weighted by Gasteiger charge is -2.36. The number of carbonyl (C=O) groups excluding carboxylic acids is 1. The summed E-state index contributed by atoms with van der Waals surface area (Å²) < 4.78 is 31.9. The predicted octanol–water partition coefficient (Wildman–Crippen LogP) is 3.29. The van der Waals surface area contributed by atoms with Gasteiger partial charge in [0.15, 0.2) is 24.0 Å². The lowest BCUT2D eigenvalue weighted by Crippen LogP contribution is -2.59. The largest absolute Gasteiger partial charge is 0.341 e. The van der Waals surface area contributed by atoms with Crippen LogP contribution in [-0.4, -0.2) is 59.3 Å². The molecule has 0 unspecified atom stereocenters. The highest BCUT2D eigenvalue weighted by molar-refractivity contribution is 5.85. The normalized spacial score (nSPS) is 34.5. The third-order valence-electron chi connectivity index (χ3n) is 7.84. The Morgan fingerprint density at radius 2 is 1.58 bits per heavy atom. The van der Waals surface area contributed by atoms with E-state index in [-0.39, 0.29) is 5.69 Å². The zero-order chi connectivity index (χ0) is 24.8. The van der Waals surface area contributed by atoms with Crippen LogP contribution < -0.4 is 5.43 Å². The van der Waals surface area contributed by atoms with Crippen LogP contribution >= 0.6 is 0 Å². The average Bonchev–Trinajstić information content (AvgIpc) is 3.42. The summed E-state index contributed by atoms with van der Waals surface area (Å²) in [6.07, 6.45) is 7.44. The number of rotatable bonds is 4. The Balaban J connectivity index is 1.20. The molecule has 0 radical (unpaired) electrons. The Hall–Kier alpha value is -2.44. The molecule has 2 spiro atoms. The van der Waals surface area contributed by atoms with Gasteiger partial charge in [-0.15, -0.1) is 0 Å². The van der Waals surface area contributed by atoms with E-state index in [1.165, 1.54) is 18.3 Å². The Kier molecular flexibility index (Phi) is 6.29. The van der Waals surface area contributed by atoms with Gasteiger partial charge in [-0.2, -0.15) is 5.10 Å². The fraction of sp³-hybridized carbons (Fsp3) is 0.680. The second kappa shape index (κ2) is 9.46. The first kappa shape index (κ1) is 23.9. The number of nitrogens with one attached hydrogen (secondary N) is 1. The molecule has 0 aromatic heterocycles. The summed E-state index contributed by atoms with van der Waals surface area (Å²) in [6.45, 7) is 0. The van der Waals surface area contributed by atoms with E-state index in [0.29, 0.717) is 5.56 Å². The predicted molar refractivity (Wildman–Crippen MR) is 125 cm³/mol. The van der Waals surface area contributed by atoms with E-state index in [0.717, 1.165) is 64.2 Å². The second-order valence-corrected chi connectivity index (χ2v) is 10.3. The number of amides is 1. The molecule has 11 heteroatoms. The number of non-ortho nitro benzene ring substituents is 1. The van der Waals surface area contributed by atoms with Crippen molar-refractivity contribution < 1.29 is 33.4 Å². The molecular weight excluding hydrogens is 470 g/mol. The molecule has 5 fully saturated rings. The molecule has 2 saturated carbocycles. The van der Waals surface area contributed by atoms with Crippen molar-refractivity contribution in [1.82, 2.24) is 5.43 Å². The Morgan fingerprint density at radius 3 is 2.28 bits per heavy atom. The number of nitro groups is 1. The van der Waals surface area contributed by atoms with Crippen LogP contribution in [0.2, 0.25) is 0 Å². The van der Waals surface area contributed by atoms with Crippen molar-refractivity contribution in [3.05, 3.63) is 39.9 Å². The molecule has 36 heavy (non-hydrogen) atoms. The van der Waals surface area contributed by atoms with Gasteiger partial charge >= 0.3 is 0 Å². The van der Waals surface area contributed by atoms with E-state index in [2.05, 4.69) is 10.5 Å². The van der Waals surface area contributed by atoms with E-state index >= 15 is 0 Å². The first-order valence-corrected chi connectivity index (χ1v) is 12.9. The molecule has 6 rings (SSSR count). The molecule has 1 amide bonds. The van der Waals surface area contributed by atoms with Gasteiger partial charge in [0, 0.05) is 43.4 Å². The quantitative estimate of drug-likeness (QED) is 0.378. The first-order chi connectivity index (χ1) is 17.5. The molecule has 3 heterocycles. The third-order valence-corrected chi connectivity index (χ3v) is 7.84. The van der Waals surface area contributed by atoms with Crippen molar-refractivity contribution in [2.45, 2.75) is 106 Å². The highest BCUT2D eigenvalue weighted by Gasteiger charge is 2.65. The Labute approximate surface area is 208 Å². The van der Waals surface area contributed by atoms with Crippen LogP contribution in [0.3, 0.4) is 0 Å². The summed E-state index contributed by atoms with van der Waals surface area (Å²) in [5, 5.41) is 15.0. The molecule has 3 saturated heterocycles. The van der Waals surface area contributed by atoms with Gasteiger partial charge in [-0.25, -0.2) is 5.43 Å². The van der Waals surface area contributed by atoms with Crippen LogP contribution in [0.5, 0.6) is 0 Å². The first-order valence-electron chi connectivity index (χ1n) is 12.9. The van der Waals surface area contributed by atoms with E-state index in [1.807, 2.05) is 0 Å². The maximum atomic E-state index is 13.2. The lowest BCUT2D eigenvalue weighted by molar-refractivity contribution is -0.384. The molecular formula is C25H31N3O8. The van der Waals surface area contributed by atoms with Crippen molar-refractivity contribution in [2.75, 3.05) is 0 Å².